The lowest BCUT2D eigenvalue weighted by molar-refractivity contribution is 0.0907. The maximum Gasteiger partial charge on any atom is 0.251 e. The Morgan fingerprint density at radius 3 is 2.56 bits per heavy atom. The SMILES string of the molecule is COc1cc(C(=O)NC2CCCCC2CN)ccc1OC1CCCC1. The summed E-state index contributed by atoms with van der Waals surface area (Å²) in [6.45, 7) is 0.627. The Hall–Kier alpha value is -1.75. The number of rotatable bonds is 6. The van der Waals surface area contributed by atoms with E-state index < -0.39 is 0 Å². The second kappa shape index (κ2) is 8.56. The van der Waals surface area contributed by atoms with Crippen LogP contribution in [0.2, 0.25) is 0 Å². The first-order valence-corrected chi connectivity index (χ1v) is 9.57. The summed E-state index contributed by atoms with van der Waals surface area (Å²) in [6, 6.07) is 5.63. The number of nitrogens with two attached hydrogens (primary N) is 1. The Bertz CT molecular complexity index is 584. The first-order valence-electron chi connectivity index (χ1n) is 9.57. The van der Waals surface area contributed by atoms with Crippen LogP contribution in [0.15, 0.2) is 18.2 Å². The highest BCUT2D eigenvalue weighted by Crippen LogP contribution is 2.32. The van der Waals surface area contributed by atoms with Gasteiger partial charge in [0, 0.05) is 11.6 Å². The van der Waals surface area contributed by atoms with E-state index in [-0.39, 0.29) is 18.1 Å². The lowest BCUT2D eigenvalue weighted by Gasteiger charge is -2.31. The predicted octanol–water partition coefficient (Wildman–Crippen LogP) is 3.26. The first-order chi connectivity index (χ1) is 12.2. The molecule has 0 saturated heterocycles. The van der Waals surface area contributed by atoms with E-state index in [1.54, 1.807) is 13.2 Å². The number of hydrogen-bond donors (Lipinski definition) is 2. The quantitative estimate of drug-likeness (QED) is 0.829. The summed E-state index contributed by atoms with van der Waals surface area (Å²) in [4.78, 5) is 12.7. The molecule has 25 heavy (non-hydrogen) atoms. The molecule has 5 heteroatoms. The van der Waals surface area contributed by atoms with Gasteiger partial charge in [0.2, 0.25) is 0 Å². The van der Waals surface area contributed by atoms with E-state index in [1.807, 2.05) is 12.1 Å². The smallest absolute Gasteiger partial charge is 0.251 e. The summed E-state index contributed by atoms with van der Waals surface area (Å²) in [6.07, 6.45) is 9.34. The average Bonchev–Trinajstić information content (AvgIpc) is 3.15. The van der Waals surface area contributed by atoms with Gasteiger partial charge in [0.1, 0.15) is 0 Å². The van der Waals surface area contributed by atoms with Crippen LogP contribution in [-0.4, -0.2) is 31.7 Å². The van der Waals surface area contributed by atoms with Gasteiger partial charge in [-0.3, -0.25) is 4.79 Å². The van der Waals surface area contributed by atoms with Crippen LogP contribution in [0.3, 0.4) is 0 Å². The first kappa shape index (κ1) is 18.1. The van der Waals surface area contributed by atoms with Crippen molar-refractivity contribution in [3.05, 3.63) is 23.8 Å². The van der Waals surface area contributed by atoms with E-state index >= 15 is 0 Å². The van der Waals surface area contributed by atoms with Gasteiger partial charge in [-0.05, 0) is 69.2 Å². The monoisotopic (exact) mass is 346 g/mol. The van der Waals surface area contributed by atoms with Gasteiger partial charge >= 0.3 is 0 Å². The molecule has 5 nitrogen and oxygen atoms in total. The van der Waals surface area contributed by atoms with Crippen LogP contribution in [0, 0.1) is 5.92 Å². The number of benzene rings is 1. The summed E-state index contributed by atoms with van der Waals surface area (Å²) >= 11 is 0. The average molecular weight is 346 g/mol. The van der Waals surface area contributed by atoms with Crippen molar-refractivity contribution in [1.29, 1.82) is 0 Å². The molecule has 0 bridgehead atoms. The van der Waals surface area contributed by atoms with E-state index in [0.29, 0.717) is 23.8 Å². The molecule has 0 aromatic heterocycles. The number of carbonyl (C=O) groups is 1. The number of carbonyl (C=O) groups excluding carboxylic acids is 1. The summed E-state index contributed by atoms with van der Waals surface area (Å²) in [7, 11) is 1.62. The van der Waals surface area contributed by atoms with Crippen LogP contribution in [-0.2, 0) is 0 Å². The third-order valence-corrected chi connectivity index (χ3v) is 5.55. The number of methoxy groups -OCH3 is 1. The Labute approximate surface area is 150 Å². The van der Waals surface area contributed by atoms with Crippen LogP contribution in [0.4, 0.5) is 0 Å². The Balaban J connectivity index is 1.67. The standard InChI is InChI=1S/C20H30N2O3/c1-24-19-12-14(10-11-18(19)25-16-7-3-4-8-16)20(23)22-17-9-5-2-6-15(17)13-21/h10-12,15-17H,2-9,13,21H2,1H3,(H,22,23). The van der Waals surface area contributed by atoms with Crippen molar-refractivity contribution in [2.45, 2.75) is 63.5 Å². The van der Waals surface area contributed by atoms with Gasteiger partial charge < -0.3 is 20.5 Å². The van der Waals surface area contributed by atoms with Crippen molar-refractivity contribution in [2.24, 2.45) is 11.7 Å². The van der Waals surface area contributed by atoms with Crippen LogP contribution >= 0.6 is 0 Å². The van der Waals surface area contributed by atoms with Crippen molar-refractivity contribution in [1.82, 2.24) is 5.32 Å². The molecule has 3 rings (SSSR count). The maximum absolute atomic E-state index is 12.7. The second-order valence-corrected chi connectivity index (χ2v) is 7.25. The van der Waals surface area contributed by atoms with Crippen molar-refractivity contribution < 1.29 is 14.3 Å². The van der Waals surface area contributed by atoms with Crippen LogP contribution in [0.25, 0.3) is 0 Å². The van der Waals surface area contributed by atoms with Crippen molar-refractivity contribution in [2.75, 3.05) is 13.7 Å². The maximum atomic E-state index is 12.7. The molecule has 1 amide bonds. The van der Waals surface area contributed by atoms with Crippen molar-refractivity contribution >= 4 is 5.91 Å². The lowest BCUT2D eigenvalue weighted by Crippen LogP contribution is -2.44. The molecular formula is C20H30N2O3. The molecule has 2 atom stereocenters. The molecule has 2 unspecified atom stereocenters. The summed E-state index contributed by atoms with van der Waals surface area (Å²) in [5, 5.41) is 3.16. The molecular weight excluding hydrogens is 316 g/mol. The third kappa shape index (κ3) is 4.46. The molecule has 3 N–H and O–H groups in total. The van der Waals surface area contributed by atoms with E-state index in [9.17, 15) is 4.79 Å². The molecule has 0 radical (unpaired) electrons. The highest BCUT2D eigenvalue weighted by molar-refractivity contribution is 5.95. The summed E-state index contributed by atoms with van der Waals surface area (Å²) < 4.78 is 11.5. The normalized spacial score (nSPS) is 24.1. The fraction of sp³-hybridized carbons (Fsp3) is 0.650. The molecule has 0 aliphatic heterocycles. The van der Waals surface area contributed by atoms with Gasteiger partial charge in [-0.1, -0.05) is 12.8 Å². The van der Waals surface area contributed by atoms with Crippen LogP contribution < -0.4 is 20.5 Å². The number of amides is 1. The van der Waals surface area contributed by atoms with Gasteiger partial charge in [-0.15, -0.1) is 0 Å². The fourth-order valence-corrected chi connectivity index (χ4v) is 4.02. The zero-order valence-electron chi connectivity index (χ0n) is 15.1. The van der Waals surface area contributed by atoms with Crippen molar-refractivity contribution in [3.8, 4) is 11.5 Å². The van der Waals surface area contributed by atoms with Gasteiger partial charge in [0.15, 0.2) is 11.5 Å². The molecule has 1 aromatic carbocycles. The van der Waals surface area contributed by atoms with Gasteiger partial charge in [0.25, 0.3) is 5.91 Å². The fourth-order valence-electron chi connectivity index (χ4n) is 4.02. The van der Waals surface area contributed by atoms with Gasteiger partial charge in [-0.2, -0.15) is 0 Å². The number of hydrogen-bond acceptors (Lipinski definition) is 4. The minimum Gasteiger partial charge on any atom is -0.493 e. The Morgan fingerprint density at radius 2 is 1.84 bits per heavy atom. The third-order valence-electron chi connectivity index (χ3n) is 5.55. The largest absolute Gasteiger partial charge is 0.493 e. The number of nitrogens with one attached hydrogen (secondary N) is 1. The van der Waals surface area contributed by atoms with E-state index in [2.05, 4.69) is 5.32 Å². The number of ether oxygens (including phenoxy) is 2. The molecule has 1 aromatic rings. The lowest BCUT2D eigenvalue weighted by atomic mass is 9.84. The second-order valence-electron chi connectivity index (χ2n) is 7.25. The van der Waals surface area contributed by atoms with E-state index in [0.717, 1.165) is 37.9 Å². The summed E-state index contributed by atoms with van der Waals surface area (Å²) in [5.41, 5.74) is 6.47. The minimum absolute atomic E-state index is 0.0592. The molecule has 2 aliphatic carbocycles. The Morgan fingerprint density at radius 1 is 1.12 bits per heavy atom. The molecule has 2 fully saturated rings. The predicted molar refractivity (Wildman–Crippen MR) is 98.1 cm³/mol. The summed E-state index contributed by atoms with van der Waals surface area (Å²) in [5.74, 6) is 1.67. The van der Waals surface area contributed by atoms with Crippen LogP contribution in [0.1, 0.15) is 61.7 Å². The molecule has 2 aliphatic rings. The van der Waals surface area contributed by atoms with Crippen LogP contribution in [0.5, 0.6) is 11.5 Å². The molecule has 0 heterocycles. The van der Waals surface area contributed by atoms with E-state index in [4.69, 9.17) is 15.2 Å². The zero-order chi connectivity index (χ0) is 17.6. The molecule has 138 valence electrons. The molecule has 0 spiro atoms. The molecule has 2 saturated carbocycles. The highest BCUT2D eigenvalue weighted by atomic mass is 16.5. The zero-order valence-corrected chi connectivity index (χ0v) is 15.1. The van der Waals surface area contributed by atoms with Crippen molar-refractivity contribution in [3.63, 3.8) is 0 Å². The highest BCUT2D eigenvalue weighted by Gasteiger charge is 2.26. The van der Waals surface area contributed by atoms with Gasteiger partial charge in [-0.25, -0.2) is 0 Å². The van der Waals surface area contributed by atoms with E-state index in [1.165, 1.54) is 19.3 Å². The Kier molecular flexibility index (Phi) is 6.19. The van der Waals surface area contributed by atoms with Gasteiger partial charge in [0.05, 0.1) is 13.2 Å². The minimum atomic E-state index is -0.0592. The topological polar surface area (TPSA) is 73.6 Å².